The van der Waals surface area contributed by atoms with E-state index in [1.165, 1.54) is 39.4 Å². The van der Waals surface area contributed by atoms with Gasteiger partial charge in [-0.05, 0) is 49.1 Å². The number of carbonyl (C=O) groups is 1. The van der Waals surface area contributed by atoms with E-state index in [1.807, 2.05) is 23.6 Å². The molecule has 3 heterocycles. The zero-order valence-corrected chi connectivity index (χ0v) is 17.3. The second-order valence-corrected chi connectivity index (χ2v) is 8.36. The summed E-state index contributed by atoms with van der Waals surface area (Å²) in [5.41, 5.74) is 1.15. The maximum atomic E-state index is 13.5. The van der Waals surface area contributed by atoms with Crippen molar-refractivity contribution in [2.75, 3.05) is 6.61 Å². The number of carbonyl (C=O) groups excluding carboxylic acids is 1. The molecule has 0 saturated heterocycles. The van der Waals surface area contributed by atoms with Gasteiger partial charge in [0.2, 0.25) is 0 Å². The van der Waals surface area contributed by atoms with Crippen LogP contribution in [0, 0.1) is 5.82 Å². The highest BCUT2D eigenvalue weighted by molar-refractivity contribution is 7.11. The van der Waals surface area contributed by atoms with Gasteiger partial charge in [-0.3, -0.25) is 9.36 Å². The predicted octanol–water partition coefficient (Wildman–Crippen LogP) is 3.00. The lowest BCUT2D eigenvalue weighted by Crippen LogP contribution is -2.39. The van der Waals surface area contributed by atoms with E-state index in [2.05, 4.69) is 4.99 Å². The molecule has 2 aromatic heterocycles. The zero-order valence-electron chi connectivity index (χ0n) is 15.7. The molecule has 0 fully saturated rings. The van der Waals surface area contributed by atoms with Crippen molar-refractivity contribution in [3.8, 4) is 0 Å². The Labute approximate surface area is 173 Å². The van der Waals surface area contributed by atoms with Crippen LogP contribution in [0.4, 0.5) is 4.39 Å². The van der Waals surface area contributed by atoms with Gasteiger partial charge >= 0.3 is 5.97 Å². The molecule has 1 aromatic carbocycles. The Kier molecular flexibility index (Phi) is 5.29. The van der Waals surface area contributed by atoms with Crippen LogP contribution in [0.5, 0.6) is 0 Å². The summed E-state index contributed by atoms with van der Waals surface area (Å²) in [6, 6.07) is 8.90. The number of aromatic nitrogens is 1. The number of esters is 1. The highest BCUT2D eigenvalue weighted by Gasteiger charge is 2.33. The van der Waals surface area contributed by atoms with Crippen molar-refractivity contribution in [1.82, 2.24) is 4.57 Å². The van der Waals surface area contributed by atoms with E-state index in [0.717, 1.165) is 4.88 Å². The molecule has 3 aromatic rings. The van der Waals surface area contributed by atoms with E-state index in [9.17, 15) is 14.0 Å². The number of rotatable bonds is 4. The van der Waals surface area contributed by atoms with Gasteiger partial charge in [0.15, 0.2) is 4.80 Å². The van der Waals surface area contributed by atoms with Gasteiger partial charge < -0.3 is 4.74 Å². The summed E-state index contributed by atoms with van der Waals surface area (Å²) in [6.45, 7) is 3.64. The van der Waals surface area contributed by atoms with E-state index >= 15 is 0 Å². The Morgan fingerprint density at radius 1 is 1.31 bits per heavy atom. The molecule has 1 atom stereocenters. The average Bonchev–Trinajstić information content (AvgIpc) is 3.30. The van der Waals surface area contributed by atoms with Crippen LogP contribution in [0.1, 0.15) is 30.3 Å². The molecule has 0 saturated carbocycles. The minimum Gasteiger partial charge on any atom is -0.463 e. The fraction of sp³-hybridized carbons (Fsp3) is 0.190. The first-order valence-corrected chi connectivity index (χ1v) is 10.7. The Morgan fingerprint density at radius 3 is 2.72 bits per heavy atom. The minimum absolute atomic E-state index is 0.203. The summed E-state index contributed by atoms with van der Waals surface area (Å²) < 4.78 is 20.8. The van der Waals surface area contributed by atoms with E-state index in [-0.39, 0.29) is 17.7 Å². The van der Waals surface area contributed by atoms with Crippen LogP contribution in [-0.4, -0.2) is 17.1 Å². The number of thiazole rings is 1. The largest absolute Gasteiger partial charge is 0.463 e. The number of thiophene rings is 1. The van der Waals surface area contributed by atoms with Crippen LogP contribution >= 0.6 is 22.7 Å². The van der Waals surface area contributed by atoms with Gasteiger partial charge in [-0.1, -0.05) is 29.5 Å². The molecule has 0 aliphatic carbocycles. The molecule has 0 radical (unpaired) electrons. The highest BCUT2D eigenvalue weighted by Crippen LogP contribution is 2.30. The van der Waals surface area contributed by atoms with E-state index in [1.54, 1.807) is 26.0 Å². The van der Waals surface area contributed by atoms with Crippen LogP contribution in [0.15, 0.2) is 62.8 Å². The third-order valence-corrected chi connectivity index (χ3v) is 6.32. The number of benzene rings is 1. The number of allylic oxidation sites excluding steroid dienone is 1. The Balaban J connectivity index is 1.97. The van der Waals surface area contributed by atoms with Crippen molar-refractivity contribution in [2.45, 2.75) is 19.9 Å². The van der Waals surface area contributed by atoms with Crippen molar-refractivity contribution >= 4 is 34.7 Å². The van der Waals surface area contributed by atoms with E-state index in [0.29, 0.717) is 20.6 Å². The third kappa shape index (κ3) is 3.61. The first-order valence-electron chi connectivity index (χ1n) is 8.98. The molecule has 1 aliphatic heterocycles. The van der Waals surface area contributed by atoms with Crippen molar-refractivity contribution in [2.24, 2.45) is 4.99 Å². The van der Waals surface area contributed by atoms with Gasteiger partial charge in [0.1, 0.15) is 5.82 Å². The second-order valence-electron chi connectivity index (χ2n) is 6.37. The average molecular weight is 429 g/mol. The first-order chi connectivity index (χ1) is 14.0. The van der Waals surface area contributed by atoms with Gasteiger partial charge in [-0.15, -0.1) is 11.3 Å². The summed E-state index contributed by atoms with van der Waals surface area (Å²) in [7, 11) is 0. The van der Waals surface area contributed by atoms with Crippen LogP contribution in [0.25, 0.3) is 6.08 Å². The number of ether oxygens (including phenoxy) is 1. The molecule has 29 heavy (non-hydrogen) atoms. The fourth-order valence-electron chi connectivity index (χ4n) is 3.25. The lowest BCUT2D eigenvalue weighted by atomic mass is 9.96. The highest BCUT2D eigenvalue weighted by atomic mass is 32.1. The maximum Gasteiger partial charge on any atom is 0.338 e. The maximum absolute atomic E-state index is 13.5. The lowest BCUT2D eigenvalue weighted by Gasteiger charge is -2.24. The summed E-state index contributed by atoms with van der Waals surface area (Å²) in [5, 5.41) is 1.94. The van der Waals surface area contributed by atoms with Crippen LogP contribution in [-0.2, 0) is 9.53 Å². The van der Waals surface area contributed by atoms with E-state index < -0.39 is 17.8 Å². The second kappa shape index (κ2) is 7.88. The van der Waals surface area contributed by atoms with Gasteiger partial charge in [0.25, 0.3) is 5.56 Å². The molecule has 0 amide bonds. The number of hydrogen-bond acceptors (Lipinski definition) is 6. The van der Waals surface area contributed by atoms with Gasteiger partial charge in [0.05, 0.1) is 28.5 Å². The fourth-order valence-corrected chi connectivity index (χ4v) is 5.02. The smallest absolute Gasteiger partial charge is 0.338 e. The van der Waals surface area contributed by atoms with Crippen molar-refractivity contribution in [1.29, 1.82) is 0 Å². The third-order valence-electron chi connectivity index (χ3n) is 4.52. The van der Waals surface area contributed by atoms with Crippen LogP contribution < -0.4 is 14.9 Å². The first kappa shape index (κ1) is 19.5. The quantitative estimate of drug-likeness (QED) is 0.601. The van der Waals surface area contributed by atoms with Gasteiger partial charge in [0, 0.05) is 4.88 Å². The molecule has 1 aliphatic rings. The summed E-state index contributed by atoms with van der Waals surface area (Å²) in [5.74, 6) is -0.923. The SMILES string of the molecule is CCOC(=O)C1=C(C)N=c2sc(=Cc3cccs3)c(=O)n2C1c1ccc(F)cc1. The Bertz CT molecular complexity index is 1270. The molecular weight excluding hydrogens is 411 g/mol. The number of halogens is 1. The van der Waals surface area contributed by atoms with Crippen LogP contribution in [0.3, 0.4) is 0 Å². The van der Waals surface area contributed by atoms with E-state index in [4.69, 9.17) is 4.74 Å². The molecule has 8 heteroatoms. The Morgan fingerprint density at radius 2 is 2.07 bits per heavy atom. The number of nitrogens with zero attached hydrogens (tertiary/aromatic N) is 2. The number of hydrogen-bond donors (Lipinski definition) is 0. The molecule has 148 valence electrons. The molecule has 0 bridgehead atoms. The predicted molar refractivity (Wildman–Crippen MR) is 111 cm³/mol. The summed E-state index contributed by atoms with van der Waals surface area (Å²) in [6.07, 6.45) is 1.82. The molecule has 4 rings (SSSR count). The molecular formula is C21H17FN2O3S2. The van der Waals surface area contributed by atoms with Crippen molar-refractivity contribution < 1.29 is 13.9 Å². The minimum atomic E-state index is -0.726. The van der Waals surface area contributed by atoms with Gasteiger partial charge in [-0.2, -0.15) is 0 Å². The molecule has 0 N–H and O–H groups in total. The van der Waals surface area contributed by atoms with Crippen molar-refractivity contribution in [3.63, 3.8) is 0 Å². The number of fused-ring (bicyclic) bond motifs is 1. The standard InChI is InChI=1S/C21H17FN2O3S2/c1-3-27-20(26)17-12(2)23-21-24(18(17)13-6-8-14(22)9-7-13)19(25)16(29-21)11-15-5-4-10-28-15/h4-11,18H,3H2,1-2H3. The molecule has 0 spiro atoms. The summed E-state index contributed by atoms with van der Waals surface area (Å²) in [4.78, 5) is 31.9. The monoisotopic (exact) mass is 428 g/mol. The molecule has 1 unspecified atom stereocenters. The molecule has 5 nitrogen and oxygen atoms in total. The van der Waals surface area contributed by atoms with Crippen LogP contribution in [0.2, 0.25) is 0 Å². The van der Waals surface area contributed by atoms with Gasteiger partial charge in [-0.25, -0.2) is 14.2 Å². The lowest BCUT2D eigenvalue weighted by molar-refractivity contribution is -0.139. The van der Waals surface area contributed by atoms with Crippen molar-refractivity contribution in [3.05, 3.63) is 89.0 Å². The Hall–Kier alpha value is -2.84. The zero-order chi connectivity index (χ0) is 20.5. The normalized spacial score (nSPS) is 16.5. The summed E-state index contributed by atoms with van der Waals surface area (Å²) >= 11 is 2.80. The topological polar surface area (TPSA) is 60.7 Å².